The molecular weight excluding hydrogens is 389 g/mol. The average Bonchev–Trinajstić information content (AvgIpc) is 3.27. The summed E-state index contributed by atoms with van der Waals surface area (Å²) in [5, 5.41) is 4.46. The first-order valence-electron chi connectivity index (χ1n) is 8.97. The van der Waals surface area contributed by atoms with E-state index in [1.165, 1.54) is 0 Å². The largest absolute Gasteiger partial charge is 0.353 e. The molecular formula is C23H13Cl2N3. The predicted molar refractivity (Wildman–Crippen MR) is 118 cm³/mol. The van der Waals surface area contributed by atoms with Gasteiger partial charge in [0.2, 0.25) is 0 Å². The minimum absolute atomic E-state index is 0.518. The van der Waals surface area contributed by atoms with Crippen LogP contribution in [0.2, 0.25) is 10.0 Å². The van der Waals surface area contributed by atoms with Crippen LogP contribution in [0.4, 0.5) is 0 Å². The van der Waals surface area contributed by atoms with Gasteiger partial charge in [0.05, 0.1) is 32.3 Å². The molecule has 0 bridgehead atoms. The van der Waals surface area contributed by atoms with Crippen LogP contribution in [0.15, 0.2) is 66.7 Å². The lowest BCUT2D eigenvalue weighted by Crippen LogP contribution is -1.88. The molecule has 28 heavy (non-hydrogen) atoms. The number of para-hydroxylation sites is 2. The molecule has 0 fully saturated rings. The van der Waals surface area contributed by atoms with Crippen molar-refractivity contribution in [1.82, 2.24) is 15.0 Å². The smallest absolute Gasteiger partial charge is 0.0973 e. The third kappa shape index (κ3) is 2.15. The number of benzene rings is 3. The lowest BCUT2D eigenvalue weighted by molar-refractivity contribution is 1.41. The molecule has 0 amide bonds. The van der Waals surface area contributed by atoms with Crippen molar-refractivity contribution in [2.24, 2.45) is 0 Å². The number of hydrogen-bond acceptors (Lipinski definition) is 1. The molecule has 134 valence electrons. The van der Waals surface area contributed by atoms with Gasteiger partial charge in [0.1, 0.15) is 0 Å². The van der Waals surface area contributed by atoms with E-state index in [-0.39, 0.29) is 0 Å². The van der Waals surface area contributed by atoms with Gasteiger partial charge < -0.3 is 9.97 Å². The summed E-state index contributed by atoms with van der Waals surface area (Å²) in [6.07, 6.45) is 0. The van der Waals surface area contributed by atoms with E-state index in [1.54, 1.807) is 0 Å². The number of fused-ring (bicyclic) bond motifs is 7. The van der Waals surface area contributed by atoms with Gasteiger partial charge >= 0.3 is 0 Å². The molecule has 0 aliphatic heterocycles. The monoisotopic (exact) mass is 401 g/mol. The molecule has 0 saturated carbocycles. The van der Waals surface area contributed by atoms with Crippen molar-refractivity contribution >= 4 is 66.9 Å². The number of H-pyrrole nitrogens is 2. The molecule has 0 aliphatic rings. The van der Waals surface area contributed by atoms with Crippen molar-refractivity contribution < 1.29 is 0 Å². The number of hydrogen-bond donors (Lipinski definition) is 2. The SMILES string of the molecule is Clc1ccc(-c2nc3c4ccccc4[nH]c3c3c2[nH]c2ccccc23)cc1Cl. The van der Waals surface area contributed by atoms with Crippen LogP contribution in [-0.4, -0.2) is 15.0 Å². The molecule has 3 heterocycles. The lowest BCUT2D eigenvalue weighted by atomic mass is 10.1. The highest BCUT2D eigenvalue weighted by Gasteiger charge is 2.18. The molecule has 0 aliphatic carbocycles. The summed E-state index contributed by atoms with van der Waals surface area (Å²) >= 11 is 12.5. The summed E-state index contributed by atoms with van der Waals surface area (Å²) in [6.45, 7) is 0. The van der Waals surface area contributed by atoms with Crippen molar-refractivity contribution in [3.8, 4) is 11.3 Å². The van der Waals surface area contributed by atoms with E-state index in [1.807, 2.05) is 36.4 Å². The highest BCUT2D eigenvalue weighted by molar-refractivity contribution is 6.42. The standard InChI is InChI=1S/C23H13Cl2N3/c24-15-10-9-12(11-16(15)25)20-22-19(13-5-1-3-7-17(13)26-22)23-21(28-20)14-6-2-4-8-18(14)27-23/h1-11,26-27H. The Bertz CT molecular complexity index is 1540. The van der Waals surface area contributed by atoms with Gasteiger partial charge in [0.15, 0.2) is 0 Å². The van der Waals surface area contributed by atoms with Gasteiger partial charge in [0, 0.05) is 32.8 Å². The zero-order valence-electron chi connectivity index (χ0n) is 14.6. The Morgan fingerprint density at radius 3 is 2.14 bits per heavy atom. The van der Waals surface area contributed by atoms with Crippen LogP contribution in [0.5, 0.6) is 0 Å². The third-order valence-electron chi connectivity index (χ3n) is 5.29. The van der Waals surface area contributed by atoms with Crippen molar-refractivity contribution in [1.29, 1.82) is 0 Å². The molecule has 6 aromatic rings. The average molecular weight is 402 g/mol. The van der Waals surface area contributed by atoms with Crippen LogP contribution in [0.3, 0.4) is 0 Å². The van der Waals surface area contributed by atoms with E-state index in [4.69, 9.17) is 28.2 Å². The number of aromatic nitrogens is 3. The fourth-order valence-electron chi connectivity index (χ4n) is 4.02. The molecule has 5 heteroatoms. The first-order chi connectivity index (χ1) is 13.7. The minimum Gasteiger partial charge on any atom is -0.353 e. The third-order valence-corrected chi connectivity index (χ3v) is 6.03. The van der Waals surface area contributed by atoms with Crippen LogP contribution in [-0.2, 0) is 0 Å². The summed E-state index contributed by atoms with van der Waals surface area (Å²) in [5.74, 6) is 0. The molecule has 3 nitrogen and oxygen atoms in total. The molecule has 0 unspecified atom stereocenters. The maximum Gasteiger partial charge on any atom is 0.0973 e. The topological polar surface area (TPSA) is 44.5 Å². The van der Waals surface area contributed by atoms with Crippen LogP contribution in [0.1, 0.15) is 0 Å². The summed E-state index contributed by atoms with van der Waals surface area (Å²) in [7, 11) is 0. The predicted octanol–water partition coefficient (Wildman–Crippen LogP) is 7.32. The fraction of sp³-hybridized carbons (Fsp3) is 0. The Hall–Kier alpha value is -3.01. The van der Waals surface area contributed by atoms with Gasteiger partial charge in [-0.15, -0.1) is 0 Å². The van der Waals surface area contributed by atoms with Gasteiger partial charge in [-0.25, -0.2) is 4.98 Å². The number of rotatable bonds is 1. The molecule has 3 aromatic heterocycles. The highest BCUT2D eigenvalue weighted by atomic mass is 35.5. The normalized spacial score (nSPS) is 11.9. The van der Waals surface area contributed by atoms with E-state index in [0.717, 1.165) is 55.0 Å². The van der Waals surface area contributed by atoms with Gasteiger partial charge in [-0.1, -0.05) is 65.7 Å². The van der Waals surface area contributed by atoms with Crippen LogP contribution in [0, 0.1) is 0 Å². The van der Waals surface area contributed by atoms with E-state index < -0.39 is 0 Å². The molecule has 0 radical (unpaired) electrons. The molecule has 0 atom stereocenters. The summed E-state index contributed by atoms with van der Waals surface area (Å²) in [5.41, 5.74) is 6.92. The van der Waals surface area contributed by atoms with Crippen LogP contribution < -0.4 is 0 Å². The van der Waals surface area contributed by atoms with Crippen molar-refractivity contribution in [2.75, 3.05) is 0 Å². The van der Waals surface area contributed by atoms with Gasteiger partial charge in [0.25, 0.3) is 0 Å². The second kappa shape index (κ2) is 5.74. The molecule has 0 saturated heterocycles. The van der Waals surface area contributed by atoms with E-state index in [9.17, 15) is 0 Å². The van der Waals surface area contributed by atoms with Gasteiger partial charge in [-0.2, -0.15) is 0 Å². The van der Waals surface area contributed by atoms with Crippen molar-refractivity contribution in [3.63, 3.8) is 0 Å². The Morgan fingerprint density at radius 1 is 0.679 bits per heavy atom. The lowest BCUT2D eigenvalue weighted by Gasteiger charge is -2.06. The zero-order valence-corrected chi connectivity index (χ0v) is 16.1. The van der Waals surface area contributed by atoms with Crippen LogP contribution in [0.25, 0.3) is 55.0 Å². The molecule has 3 aromatic carbocycles. The molecule has 6 rings (SSSR count). The van der Waals surface area contributed by atoms with Crippen molar-refractivity contribution in [2.45, 2.75) is 0 Å². The fourth-order valence-corrected chi connectivity index (χ4v) is 4.32. The number of pyridine rings is 1. The molecule has 2 N–H and O–H groups in total. The Balaban J connectivity index is 1.87. The maximum absolute atomic E-state index is 6.31. The van der Waals surface area contributed by atoms with Gasteiger partial charge in [-0.05, 0) is 24.3 Å². The number of nitrogens with zero attached hydrogens (tertiary/aromatic N) is 1. The van der Waals surface area contributed by atoms with Crippen molar-refractivity contribution in [3.05, 3.63) is 76.8 Å². The van der Waals surface area contributed by atoms with E-state index >= 15 is 0 Å². The number of aromatic amines is 2. The van der Waals surface area contributed by atoms with E-state index in [0.29, 0.717) is 10.0 Å². The first-order valence-corrected chi connectivity index (χ1v) is 9.72. The summed E-state index contributed by atoms with van der Waals surface area (Å²) in [4.78, 5) is 12.2. The van der Waals surface area contributed by atoms with Gasteiger partial charge in [-0.3, -0.25) is 0 Å². The quantitative estimate of drug-likeness (QED) is 0.297. The second-order valence-electron chi connectivity index (χ2n) is 6.90. The summed E-state index contributed by atoms with van der Waals surface area (Å²) in [6, 6.07) is 22.2. The first kappa shape index (κ1) is 16.0. The Morgan fingerprint density at radius 2 is 1.36 bits per heavy atom. The Labute approximate surface area is 169 Å². The molecule has 0 spiro atoms. The Kier molecular flexibility index (Phi) is 3.28. The van der Waals surface area contributed by atoms with E-state index in [2.05, 4.69) is 40.3 Å². The number of halogens is 2. The van der Waals surface area contributed by atoms with Crippen LogP contribution >= 0.6 is 23.2 Å². The zero-order chi connectivity index (χ0) is 18.8. The maximum atomic E-state index is 6.31. The minimum atomic E-state index is 0.518. The number of nitrogens with one attached hydrogen (secondary N) is 2. The highest BCUT2D eigenvalue weighted by Crippen LogP contribution is 2.39. The second-order valence-corrected chi connectivity index (χ2v) is 7.72. The summed E-state index contributed by atoms with van der Waals surface area (Å²) < 4.78 is 0.